The Balaban J connectivity index is 1.54. The number of carbonyl (C=O) groups excluding carboxylic acids is 4. The number of fused-ring (bicyclic) bond motifs is 1. The van der Waals surface area contributed by atoms with Crippen LogP contribution in [0, 0.1) is 0 Å². The Morgan fingerprint density at radius 2 is 1.72 bits per heavy atom. The number of nitrogens with zero attached hydrogens (tertiary/aromatic N) is 2. The van der Waals surface area contributed by atoms with Crippen LogP contribution in [0.3, 0.4) is 0 Å². The first kappa shape index (κ1) is 25.6. The van der Waals surface area contributed by atoms with Gasteiger partial charge in [-0.05, 0) is 43.7 Å². The summed E-state index contributed by atoms with van der Waals surface area (Å²) in [6.45, 7) is 4.30. The highest BCUT2D eigenvalue weighted by Gasteiger charge is 2.42. The molecule has 0 unspecified atom stereocenters. The second-order valence-electron chi connectivity index (χ2n) is 8.14. The second-order valence-corrected chi connectivity index (χ2v) is 9.78. The van der Waals surface area contributed by atoms with Crippen LogP contribution >= 0.6 is 24.0 Å². The van der Waals surface area contributed by atoms with Crippen molar-refractivity contribution in [2.45, 2.75) is 26.7 Å². The first-order valence-electron chi connectivity index (χ1n) is 11.6. The van der Waals surface area contributed by atoms with Crippen molar-refractivity contribution in [1.82, 2.24) is 4.90 Å². The molecule has 2 heterocycles. The van der Waals surface area contributed by atoms with Crippen LogP contribution in [0.25, 0.3) is 5.57 Å². The van der Waals surface area contributed by atoms with Crippen molar-refractivity contribution < 1.29 is 23.9 Å². The van der Waals surface area contributed by atoms with E-state index in [9.17, 15) is 19.2 Å². The van der Waals surface area contributed by atoms with Gasteiger partial charge in [0.1, 0.15) is 10.9 Å². The van der Waals surface area contributed by atoms with Gasteiger partial charge in [0.05, 0.1) is 28.3 Å². The minimum absolute atomic E-state index is 0.241. The second kappa shape index (κ2) is 11.0. The smallest absolute Gasteiger partial charge is 0.338 e. The van der Waals surface area contributed by atoms with Crippen LogP contribution in [0.2, 0.25) is 0 Å². The zero-order chi connectivity index (χ0) is 25.8. The molecule has 2 aliphatic rings. The number of thiocarbonyl (C=S) groups is 1. The number of anilines is 2. The maximum absolute atomic E-state index is 13.5. The van der Waals surface area contributed by atoms with E-state index in [1.165, 1.54) is 9.80 Å². The molecule has 36 heavy (non-hydrogen) atoms. The summed E-state index contributed by atoms with van der Waals surface area (Å²) < 4.78 is 5.40. The summed E-state index contributed by atoms with van der Waals surface area (Å²) in [4.78, 5) is 54.5. The summed E-state index contributed by atoms with van der Waals surface area (Å²) >= 11 is 6.54. The number of amides is 3. The summed E-state index contributed by atoms with van der Waals surface area (Å²) in [5.74, 6) is -1.55. The number of hydrogen-bond donors (Lipinski definition) is 1. The number of unbranched alkanes of at least 4 members (excludes halogenated alkanes) is 1. The van der Waals surface area contributed by atoms with Crippen molar-refractivity contribution in [3.05, 3.63) is 64.6 Å². The minimum atomic E-state index is -0.442. The van der Waals surface area contributed by atoms with Crippen LogP contribution < -0.4 is 10.2 Å². The van der Waals surface area contributed by atoms with Gasteiger partial charge in [0.15, 0.2) is 0 Å². The first-order valence-corrected chi connectivity index (χ1v) is 12.8. The fraction of sp³-hybridized carbons (Fsp3) is 0.269. The predicted octanol–water partition coefficient (Wildman–Crippen LogP) is 4.22. The molecule has 0 saturated carbocycles. The third-order valence-corrected chi connectivity index (χ3v) is 7.16. The van der Waals surface area contributed by atoms with Gasteiger partial charge < -0.3 is 10.1 Å². The molecule has 3 amide bonds. The molecule has 4 rings (SSSR count). The SMILES string of the molecule is CCCCN1C(=O)/C(=C2/C(=O)N(CC(=O)Nc3ccc(C(=O)OCC)cc3)c3ccccc32)SC1=S. The third-order valence-electron chi connectivity index (χ3n) is 5.72. The summed E-state index contributed by atoms with van der Waals surface area (Å²) in [7, 11) is 0. The van der Waals surface area contributed by atoms with Crippen LogP contribution in [0.4, 0.5) is 11.4 Å². The lowest BCUT2D eigenvalue weighted by molar-refractivity contribution is -0.122. The van der Waals surface area contributed by atoms with E-state index in [4.69, 9.17) is 17.0 Å². The molecule has 0 aromatic heterocycles. The fourth-order valence-corrected chi connectivity index (χ4v) is 5.34. The largest absolute Gasteiger partial charge is 0.462 e. The molecule has 2 aromatic rings. The topological polar surface area (TPSA) is 96.0 Å². The molecule has 0 spiro atoms. The summed E-state index contributed by atoms with van der Waals surface area (Å²) in [6, 6.07) is 13.4. The van der Waals surface area contributed by atoms with Crippen molar-refractivity contribution in [3.63, 3.8) is 0 Å². The van der Waals surface area contributed by atoms with Gasteiger partial charge in [0.25, 0.3) is 11.8 Å². The monoisotopic (exact) mass is 523 g/mol. The Bertz CT molecular complexity index is 1270. The quantitative estimate of drug-likeness (QED) is 0.314. The molecule has 8 nitrogen and oxygen atoms in total. The maximum atomic E-state index is 13.5. The highest BCUT2D eigenvalue weighted by molar-refractivity contribution is 8.26. The van der Waals surface area contributed by atoms with Crippen LogP contribution in [0.5, 0.6) is 0 Å². The molecule has 0 bridgehead atoms. The number of ether oxygens (including phenoxy) is 1. The Morgan fingerprint density at radius 1 is 1.00 bits per heavy atom. The van der Waals surface area contributed by atoms with E-state index >= 15 is 0 Å². The zero-order valence-electron chi connectivity index (χ0n) is 19.9. The van der Waals surface area contributed by atoms with Gasteiger partial charge in [-0.15, -0.1) is 0 Å². The normalized spacial score (nSPS) is 17.0. The Hall–Kier alpha value is -3.50. The number of benzene rings is 2. The van der Waals surface area contributed by atoms with Gasteiger partial charge in [-0.2, -0.15) is 0 Å². The summed E-state index contributed by atoms with van der Waals surface area (Å²) in [5, 5.41) is 2.75. The molecule has 2 aliphatic heterocycles. The molecule has 1 N–H and O–H groups in total. The zero-order valence-corrected chi connectivity index (χ0v) is 21.5. The van der Waals surface area contributed by atoms with Gasteiger partial charge in [0.2, 0.25) is 5.91 Å². The van der Waals surface area contributed by atoms with E-state index in [1.54, 1.807) is 55.5 Å². The molecular weight excluding hydrogens is 498 g/mol. The fourth-order valence-electron chi connectivity index (χ4n) is 3.96. The van der Waals surface area contributed by atoms with E-state index in [0.29, 0.717) is 38.3 Å². The van der Waals surface area contributed by atoms with Crippen LogP contribution in [-0.2, 0) is 19.1 Å². The van der Waals surface area contributed by atoms with Gasteiger partial charge >= 0.3 is 5.97 Å². The van der Waals surface area contributed by atoms with Crippen molar-refractivity contribution in [2.75, 3.05) is 29.9 Å². The van der Waals surface area contributed by atoms with Gasteiger partial charge in [0, 0.05) is 17.8 Å². The summed E-state index contributed by atoms with van der Waals surface area (Å²) in [6.07, 6.45) is 1.73. The number of thioether (sulfide) groups is 1. The minimum Gasteiger partial charge on any atom is -0.462 e. The molecular formula is C26H25N3O5S2. The molecule has 0 aliphatic carbocycles. The van der Waals surface area contributed by atoms with Crippen LogP contribution in [-0.4, -0.2) is 52.6 Å². The average Bonchev–Trinajstić information content (AvgIpc) is 3.30. The van der Waals surface area contributed by atoms with Gasteiger partial charge in [-0.3, -0.25) is 24.2 Å². The van der Waals surface area contributed by atoms with E-state index < -0.39 is 17.8 Å². The number of carbonyl (C=O) groups is 4. The van der Waals surface area contributed by atoms with Crippen LogP contribution in [0.1, 0.15) is 42.6 Å². The van der Waals surface area contributed by atoms with Crippen molar-refractivity contribution >= 4 is 68.9 Å². The van der Waals surface area contributed by atoms with Crippen molar-refractivity contribution in [3.8, 4) is 0 Å². The van der Waals surface area contributed by atoms with Gasteiger partial charge in [-0.25, -0.2) is 4.79 Å². The van der Waals surface area contributed by atoms with E-state index in [1.807, 2.05) is 6.92 Å². The lowest BCUT2D eigenvalue weighted by atomic mass is 10.1. The van der Waals surface area contributed by atoms with Crippen molar-refractivity contribution in [1.29, 1.82) is 0 Å². The molecule has 1 fully saturated rings. The number of para-hydroxylation sites is 1. The Morgan fingerprint density at radius 3 is 2.42 bits per heavy atom. The third kappa shape index (κ3) is 5.05. The number of rotatable bonds is 8. The predicted molar refractivity (Wildman–Crippen MR) is 144 cm³/mol. The number of esters is 1. The number of hydrogen-bond acceptors (Lipinski definition) is 7. The highest BCUT2D eigenvalue weighted by atomic mass is 32.2. The lowest BCUT2D eigenvalue weighted by Gasteiger charge is -2.17. The number of nitrogens with one attached hydrogen (secondary N) is 1. The maximum Gasteiger partial charge on any atom is 0.338 e. The molecule has 10 heteroatoms. The average molecular weight is 524 g/mol. The van der Waals surface area contributed by atoms with Crippen LogP contribution in [0.15, 0.2) is 53.4 Å². The van der Waals surface area contributed by atoms with Gasteiger partial charge in [-0.1, -0.05) is 55.5 Å². The molecule has 186 valence electrons. The lowest BCUT2D eigenvalue weighted by Crippen LogP contribution is -2.35. The van der Waals surface area contributed by atoms with E-state index in [2.05, 4.69) is 5.32 Å². The van der Waals surface area contributed by atoms with E-state index in [-0.39, 0.29) is 24.6 Å². The molecule has 0 radical (unpaired) electrons. The van der Waals surface area contributed by atoms with Crippen molar-refractivity contribution in [2.24, 2.45) is 0 Å². The highest BCUT2D eigenvalue weighted by Crippen LogP contribution is 2.44. The molecule has 1 saturated heterocycles. The first-order chi connectivity index (χ1) is 17.3. The molecule has 0 atom stereocenters. The summed E-state index contributed by atoms with van der Waals surface area (Å²) in [5.41, 5.74) is 2.28. The Kier molecular flexibility index (Phi) is 7.85. The van der Waals surface area contributed by atoms with E-state index in [0.717, 1.165) is 24.6 Å². The molecule has 2 aromatic carbocycles. The standard InChI is InChI=1S/C26H25N3O5S2/c1-3-5-14-28-24(32)22(36-26(28)35)21-18-8-6-7-9-19(18)29(23(21)31)15-20(30)27-17-12-10-16(11-13-17)25(33)34-4-2/h6-13H,3-5,14-15H2,1-2H3,(H,27,30)/b22-21-. The Labute approximate surface area is 218 Å².